The minimum Gasteiger partial charge on any atom is -0.357 e. The second kappa shape index (κ2) is 13.1. The van der Waals surface area contributed by atoms with Gasteiger partial charge in [-0.05, 0) is 51.5 Å². The fourth-order valence-corrected chi connectivity index (χ4v) is 5.21. The summed E-state index contributed by atoms with van der Waals surface area (Å²) in [6.45, 7) is 12.5. The monoisotopic (exact) mass is 533 g/mol. The number of aliphatic imine (C=N–C) groups is 1. The normalized spacial score (nSPS) is 26.1. The first-order valence-corrected chi connectivity index (χ1v) is 12.1. The Bertz CT molecular complexity index is 550. The minimum absolute atomic E-state index is 0. The van der Waals surface area contributed by atoms with Gasteiger partial charge in [-0.15, -0.1) is 24.0 Å². The maximum absolute atomic E-state index is 12.8. The van der Waals surface area contributed by atoms with E-state index < -0.39 is 0 Å². The van der Waals surface area contributed by atoms with Crippen LogP contribution < -0.4 is 10.6 Å². The minimum atomic E-state index is 0. The fourth-order valence-electron chi connectivity index (χ4n) is 5.21. The molecule has 2 N–H and O–H groups in total. The predicted octanol–water partition coefficient (Wildman–Crippen LogP) is 3.46. The first-order chi connectivity index (χ1) is 14.1. The summed E-state index contributed by atoms with van der Waals surface area (Å²) in [6.07, 6.45) is 9.48. The molecule has 2 heterocycles. The molecule has 2 saturated heterocycles. The summed E-state index contributed by atoms with van der Waals surface area (Å²) in [5.41, 5.74) is 0. The van der Waals surface area contributed by atoms with Crippen LogP contribution in [0.15, 0.2) is 4.99 Å². The Morgan fingerprint density at radius 2 is 1.83 bits per heavy atom. The van der Waals surface area contributed by atoms with Crippen LogP contribution in [0.25, 0.3) is 0 Å². The van der Waals surface area contributed by atoms with Crippen molar-refractivity contribution < 1.29 is 4.79 Å². The average molecular weight is 534 g/mol. The number of rotatable bonds is 7. The molecule has 3 fully saturated rings. The molecule has 1 unspecified atom stereocenters. The molecule has 7 heteroatoms. The van der Waals surface area contributed by atoms with E-state index in [0.717, 1.165) is 51.4 Å². The second-order valence-corrected chi connectivity index (χ2v) is 9.65. The SMILES string of the molecule is CCNC(=NC[C@H]1CCCN1CC(C)C)NC1CCN(C(=O)C2CCCCC2)C1.I. The van der Waals surface area contributed by atoms with Crippen LogP contribution in [0.1, 0.15) is 72.1 Å². The average Bonchev–Trinajstić information content (AvgIpc) is 3.35. The van der Waals surface area contributed by atoms with Gasteiger partial charge in [0.1, 0.15) is 0 Å². The van der Waals surface area contributed by atoms with E-state index in [4.69, 9.17) is 4.99 Å². The van der Waals surface area contributed by atoms with Crippen molar-refractivity contribution in [3.63, 3.8) is 0 Å². The zero-order valence-corrected chi connectivity index (χ0v) is 21.7. The molecule has 2 atom stereocenters. The van der Waals surface area contributed by atoms with E-state index >= 15 is 0 Å². The van der Waals surface area contributed by atoms with Crippen molar-refractivity contribution in [2.24, 2.45) is 16.8 Å². The highest BCUT2D eigenvalue weighted by molar-refractivity contribution is 14.0. The van der Waals surface area contributed by atoms with Crippen LogP contribution in [0.2, 0.25) is 0 Å². The third-order valence-corrected chi connectivity index (χ3v) is 6.70. The number of halogens is 1. The number of hydrogen-bond donors (Lipinski definition) is 2. The van der Waals surface area contributed by atoms with Crippen molar-refractivity contribution >= 4 is 35.8 Å². The molecular weight excluding hydrogens is 489 g/mol. The number of nitrogens with one attached hydrogen (secondary N) is 2. The van der Waals surface area contributed by atoms with Crippen LogP contribution in [0.5, 0.6) is 0 Å². The molecule has 0 bridgehead atoms. The van der Waals surface area contributed by atoms with E-state index in [0.29, 0.717) is 23.9 Å². The molecule has 1 saturated carbocycles. The first-order valence-electron chi connectivity index (χ1n) is 12.1. The topological polar surface area (TPSA) is 60.0 Å². The van der Waals surface area contributed by atoms with E-state index in [1.807, 2.05) is 0 Å². The molecule has 0 aromatic carbocycles. The standard InChI is InChI=1S/C23H43N5O.HI/c1-4-24-23(25-15-21-11-8-13-27(21)16-18(2)3)26-20-12-14-28(17-20)22(29)19-9-6-5-7-10-19;/h18-21H,4-17H2,1-3H3,(H2,24,25,26);1H/t20?,21-;/m1./s1. The first kappa shape index (κ1) is 25.7. The Morgan fingerprint density at radius 3 is 2.53 bits per heavy atom. The van der Waals surface area contributed by atoms with E-state index in [2.05, 4.69) is 41.2 Å². The van der Waals surface area contributed by atoms with Crippen LogP contribution >= 0.6 is 24.0 Å². The summed E-state index contributed by atoms with van der Waals surface area (Å²) in [4.78, 5) is 22.5. The van der Waals surface area contributed by atoms with Crippen LogP contribution in [0, 0.1) is 11.8 Å². The molecule has 1 aliphatic carbocycles. The number of carbonyl (C=O) groups excluding carboxylic acids is 1. The van der Waals surface area contributed by atoms with Crippen LogP contribution in [0.3, 0.4) is 0 Å². The lowest BCUT2D eigenvalue weighted by molar-refractivity contribution is -0.135. The quantitative estimate of drug-likeness (QED) is 0.299. The molecule has 174 valence electrons. The van der Waals surface area contributed by atoms with E-state index in [1.165, 1.54) is 45.2 Å². The van der Waals surface area contributed by atoms with E-state index in [1.54, 1.807) is 0 Å². The van der Waals surface area contributed by atoms with Gasteiger partial charge in [0.2, 0.25) is 5.91 Å². The molecular formula is C23H44IN5O. The molecule has 3 aliphatic rings. The van der Waals surface area contributed by atoms with Crippen molar-refractivity contribution in [3.8, 4) is 0 Å². The third-order valence-electron chi connectivity index (χ3n) is 6.70. The molecule has 0 radical (unpaired) electrons. The second-order valence-electron chi connectivity index (χ2n) is 9.65. The third kappa shape index (κ3) is 7.53. The Kier molecular flexibility index (Phi) is 11.2. The number of likely N-dealkylation sites (tertiary alicyclic amines) is 2. The van der Waals surface area contributed by atoms with Gasteiger partial charge in [-0.3, -0.25) is 14.7 Å². The maximum Gasteiger partial charge on any atom is 0.225 e. The Hall–Kier alpha value is -0.570. The molecule has 2 aliphatic heterocycles. The Labute approximate surface area is 201 Å². The van der Waals surface area contributed by atoms with Gasteiger partial charge in [0.25, 0.3) is 0 Å². The highest BCUT2D eigenvalue weighted by atomic mass is 127. The number of nitrogens with zero attached hydrogens (tertiary/aromatic N) is 3. The van der Waals surface area contributed by atoms with Gasteiger partial charge >= 0.3 is 0 Å². The summed E-state index contributed by atoms with van der Waals surface area (Å²) in [6, 6.07) is 0.886. The van der Waals surface area contributed by atoms with Crippen molar-refractivity contribution in [2.75, 3.05) is 39.3 Å². The highest BCUT2D eigenvalue weighted by Gasteiger charge is 2.32. The number of amides is 1. The maximum atomic E-state index is 12.8. The van der Waals surface area contributed by atoms with Crippen LogP contribution in [0.4, 0.5) is 0 Å². The summed E-state index contributed by atoms with van der Waals surface area (Å²) >= 11 is 0. The van der Waals surface area contributed by atoms with Crippen molar-refractivity contribution in [1.82, 2.24) is 20.4 Å². The number of hydrogen-bond acceptors (Lipinski definition) is 3. The largest absolute Gasteiger partial charge is 0.357 e. The zero-order chi connectivity index (χ0) is 20.6. The molecule has 3 rings (SSSR count). The summed E-state index contributed by atoms with van der Waals surface area (Å²) in [5.74, 6) is 2.29. The van der Waals surface area contributed by atoms with Gasteiger partial charge in [-0.2, -0.15) is 0 Å². The molecule has 6 nitrogen and oxygen atoms in total. The Balaban J connectivity index is 0.00000320. The molecule has 1 amide bonds. The van der Waals surface area contributed by atoms with Gasteiger partial charge in [0.15, 0.2) is 5.96 Å². The number of guanidine groups is 1. The Morgan fingerprint density at radius 1 is 1.07 bits per heavy atom. The molecule has 0 aromatic heterocycles. The molecule has 0 spiro atoms. The summed E-state index contributed by atoms with van der Waals surface area (Å²) < 4.78 is 0. The predicted molar refractivity (Wildman–Crippen MR) is 136 cm³/mol. The van der Waals surface area contributed by atoms with Crippen LogP contribution in [-0.4, -0.2) is 73.0 Å². The highest BCUT2D eigenvalue weighted by Crippen LogP contribution is 2.26. The van der Waals surface area contributed by atoms with Crippen LogP contribution in [-0.2, 0) is 4.79 Å². The fraction of sp³-hybridized carbons (Fsp3) is 0.913. The molecule has 30 heavy (non-hydrogen) atoms. The van der Waals surface area contributed by atoms with Crippen molar-refractivity contribution in [1.29, 1.82) is 0 Å². The summed E-state index contributed by atoms with van der Waals surface area (Å²) in [5, 5.41) is 7.02. The lowest BCUT2D eigenvalue weighted by atomic mass is 9.88. The number of carbonyl (C=O) groups is 1. The lowest BCUT2D eigenvalue weighted by Crippen LogP contribution is -2.46. The van der Waals surface area contributed by atoms with Gasteiger partial charge < -0.3 is 15.5 Å². The van der Waals surface area contributed by atoms with Gasteiger partial charge in [0.05, 0.1) is 6.54 Å². The summed E-state index contributed by atoms with van der Waals surface area (Å²) in [7, 11) is 0. The smallest absolute Gasteiger partial charge is 0.225 e. The van der Waals surface area contributed by atoms with Crippen molar-refractivity contribution in [3.05, 3.63) is 0 Å². The lowest BCUT2D eigenvalue weighted by Gasteiger charge is -2.27. The van der Waals surface area contributed by atoms with Gasteiger partial charge in [0, 0.05) is 44.2 Å². The zero-order valence-electron chi connectivity index (χ0n) is 19.4. The van der Waals surface area contributed by atoms with Gasteiger partial charge in [-0.25, -0.2) is 0 Å². The molecule has 0 aromatic rings. The van der Waals surface area contributed by atoms with E-state index in [9.17, 15) is 4.79 Å². The van der Waals surface area contributed by atoms with Crippen molar-refractivity contribution in [2.45, 2.75) is 84.2 Å². The van der Waals surface area contributed by atoms with Gasteiger partial charge in [-0.1, -0.05) is 33.1 Å². The van der Waals surface area contributed by atoms with E-state index in [-0.39, 0.29) is 29.9 Å².